The average molecular weight is 437 g/mol. The number of piperidine rings is 2. The number of nitrogens with zero attached hydrogens (tertiary/aromatic N) is 3. The Bertz CT molecular complexity index is 963. The Hall–Kier alpha value is -2.93. The number of non-ortho nitro benzene ring substituents is 1. The molecule has 2 aliphatic heterocycles. The zero-order valence-electron chi connectivity index (χ0n) is 18.8. The van der Waals surface area contributed by atoms with Gasteiger partial charge in [-0.15, -0.1) is 0 Å². The summed E-state index contributed by atoms with van der Waals surface area (Å²) in [6.45, 7) is 6.65. The van der Waals surface area contributed by atoms with Crippen LogP contribution in [-0.2, 0) is 6.54 Å². The second-order valence-corrected chi connectivity index (χ2v) is 9.02. The summed E-state index contributed by atoms with van der Waals surface area (Å²) in [5.74, 6) is -0.202. The molecule has 0 spiro atoms. The third-order valence-electron chi connectivity index (χ3n) is 6.54. The van der Waals surface area contributed by atoms with E-state index in [9.17, 15) is 14.9 Å². The van der Waals surface area contributed by atoms with Gasteiger partial charge < -0.3 is 10.2 Å². The van der Waals surface area contributed by atoms with Crippen molar-refractivity contribution in [2.75, 3.05) is 31.1 Å². The van der Waals surface area contributed by atoms with Gasteiger partial charge >= 0.3 is 0 Å². The molecule has 7 heteroatoms. The molecule has 0 atom stereocenters. The van der Waals surface area contributed by atoms with Crippen LogP contribution in [0.1, 0.15) is 53.6 Å². The van der Waals surface area contributed by atoms with Gasteiger partial charge in [-0.1, -0.05) is 29.8 Å². The van der Waals surface area contributed by atoms with E-state index >= 15 is 0 Å². The Labute approximate surface area is 189 Å². The second-order valence-electron chi connectivity index (χ2n) is 9.02. The number of benzene rings is 2. The minimum atomic E-state index is -0.430. The average Bonchev–Trinajstić information content (AvgIpc) is 2.80. The van der Waals surface area contributed by atoms with Crippen LogP contribution in [0.2, 0.25) is 0 Å². The Morgan fingerprint density at radius 3 is 2.50 bits per heavy atom. The Morgan fingerprint density at radius 2 is 1.81 bits per heavy atom. The third-order valence-corrected chi connectivity index (χ3v) is 6.54. The highest BCUT2D eigenvalue weighted by Gasteiger charge is 2.25. The molecule has 0 unspecified atom stereocenters. The highest BCUT2D eigenvalue weighted by atomic mass is 16.6. The summed E-state index contributed by atoms with van der Waals surface area (Å²) in [6, 6.07) is 13.3. The third kappa shape index (κ3) is 5.46. The van der Waals surface area contributed by atoms with Gasteiger partial charge in [0.05, 0.1) is 16.2 Å². The first-order valence-electron chi connectivity index (χ1n) is 11.6. The first-order valence-corrected chi connectivity index (χ1v) is 11.6. The summed E-state index contributed by atoms with van der Waals surface area (Å²) >= 11 is 0. The molecule has 2 aromatic rings. The van der Waals surface area contributed by atoms with Crippen LogP contribution >= 0.6 is 0 Å². The van der Waals surface area contributed by atoms with Crippen LogP contribution in [0.3, 0.4) is 0 Å². The Kier molecular flexibility index (Phi) is 7.05. The van der Waals surface area contributed by atoms with Crippen LogP contribution in [0.5, 0.6) is 0 Å². The first-order chi connectivity index (χ1) is 15.5. The smallest absolute Gasteiger partial charge is 0.270 e. The molecule has 0 bridgehead atoms. The normalized spacial score (nSPS) is 17.8. The predicted molar refractivity (Wildman–Crippen MR) is 126 cm³/mol. The quantitative estimate of drug-likeness (QED) is 0.540. The second kappa shape index (κ2) is 10.1. The van der Waals surface area contributed by atoms with Crippen LogP contribution in [0, 0.1) is 17.0 Å². The zero-order valence-corrected chi connectivity index (χ0v) is 18.8. The van der Waals surface area contributed by atoms with E-state index in [1.165, 1.54) is 29.7 Å². The summed E-state index contributed by atoms with van der Waals surface area (Å²) in [5, 5.41) is 14.5. The van der Waals surface area contributed by atoms with Gasteiger partial charge in [0.2, 0.25) is 0 Å². The van der Waals surface area contributed by atoms with Gasteiger partial charge in [0.1, 0.15) is 0 Å². The van der Waals surface area contributed by atoms with Crippen LogP contribution in [0.4, 0.5) is 11.4 Å². The monoisotopic (exact) mass is 436 g/mol. The number of carbonyl (C=O) groups is 1. The fourth-order valence-corrected chi connectivity index (χ4v) is 4.80. The molecule has 2 aromatic carbocycles. The van der Waals surface area contributed by atoms with E-state index in [0.717, 1.165) is 64.1 Å². The number of hydrogen-bond donors (Lipinski definition) is 1. The minimum Gasteiger partial charge on any atom is -0.371 e. The molecule has 2 saturated heterocycles. The number of nitrogens with one attached hydrogen (secondary N) is 1. The summed E-state index contributed by atoms with van der Waals surface area (Å²) in [6.07, 6.45) is 5.11. The fraction of sp³-hybridized carbons (Fsp3) is 0.480. The fourth-order valence-electron chi connectivity index (χ4n) is 4.80. The predicted octanol–water partition coefficient (Wildman–Crippen LogP) is 4.29. The number of nitro benzene ring substituents is 1. The molecule has 0 saturated carbocycles. The molecule has 4 rings (SSSR count). The van der Waals surface area contributed by atoms with E-state index in [1.54, 1.807) is 6.07 Å². The van der Waals surface area contributed by atoms with Crippen molar-refractivity contribution in [3.8, 4) is 0 Å². The van der Waals surface area contributed by atoms with E-state index in [-0.39, 0.29) is 17.6 Å². The van der Waals surface area contributed by atoms with Gasteiger partial charge in [0, 0.05) is 50.9 Å². The highest BCUT2D eigenvalue weighted by molar-refractivity contribution is 6.00. The molecule has 0 aromatic heterocycles. The van der Waals surface area contributed by atoms with E-state index in [4.69, 9.17) is 0 Å². The van der Waals surface area contributed by atoms with E-state index in [0.29, 0.717) is 5.56 Å². The number of hydrogen-bond acceptors (Lipinski definition) is 5. The lowest BCUT2D eigenvalue weighted by Crippen LogP contribution is -2.44. The van der Waals surface area contributed by atoms with Crippen LogP contribution in [-0.4, -0.2) is 48.0 Å². The number of anilines is 1. The standard InChI is InChI=1S/C25H32N4O3/c1-19-6-5-7-20(16-19)18-27-14-10-21(11-15-27)26-25(30)23-17-22(29(31)32)8-9-24(23)28-12-3-2-4-13-28/h5-9,16-17,21H,2-4,10-15,18H2,1H3,(H,26,30). The molecule has 1 amide bonds. The van der Waals surface area contributed by atoms with Crippen molar-refractivity contribution >= 4 is 17.3 Å². The lowest BCUT2D eigenvalue weighted by Gasteiger charge is -2.33. The Balaban J connectivity index is 1.40. The lowest BCUT2D eigenvalue weighted by atomic mass is 10.0. The number of amides is 1. The molecule has 32 heavy (non-hydrogen) atoms. The van der Waals surface area contributed by atoms with Gasteiger partial charge in [0.25, 0.3) is 11.6 Å². The molecule has 7 nitrogen and oxygen atoms in total. The molecule has 2 fully saturated rings. The molecular formula is C25H32N4O3. The number of rotatable bonds is 6. The molecule has 1 N–H and O–H groups in total. The van der Waals surface area contributed by atoms with Crippen molar-refractivity contribution in [3.05, 3.63) is 69.3 Å². The first kappa shape index (κ1) is 22.3. The van der Waals surface area contributed by atoms with Crippen LogP contribution < -0.4 is 10.2 Å². The summed E-state index contributed by atoms with van der Waals surface area (Å²) in [4.78, 5) is 28.7. The number of nitro groups is 1. The van der Waals surface area contributed by atoms with Gasteiger partial charge in [-0.25, -0.2) is 0 Å². The van der Waals surface area contributed by atoms with Crippen LogP contribution in [0.25, 0.3) is 0 Å². The summed E-state index contributed by atoms with van der Waals surface area (Å²) < 4.78 is 0. The maximum Gasteiger partial charge on any atom is 0.270 e. The van der Waals surface area contributed by atoms with Gasteiger partial charge in [0.15, 0.2) is 0 Å². The molecule has 2 heterocycles. The van der Waals surface area contributed by atoms with E-state index in [1.807, 2.05) is 0 Å². The summed E-state index contributed by atoms with van der Waals surface area (Å²) in [5.41, 5.74) is 3.78. The number of likely N-dealkylation sites (tertiary alicyclic amines) is 1. The molecular weight excluding hydrogens is 404 g/mol. The van der Waals surface area contributed by atoms with Gasteiger partial charge in [-0.3, -0.25) is 19.8 Å². The van der Waals surface area contributed by atoms with E-state index in [2.05, 4.69) is 46.3 Å². The van der Waals surface area contributed by atoms with Gasteiger partial charge in [-0.2, -0.15) is 0 Å². The number of carbonyl (C=O) groups excluding carboxylic acids is 1. The van der Waals surface area contributed by atoms with Crippen molar-refractivity contribution in [2.45, 2.75) is 51.6 Å². The molecule has 0 radical (unpaired) electrons. The van der Waals surface area contributed by atoms with Crippen molar-refractivity contribution < 1.29 is 9.72 Å². The molecule has 0 aliphatic carbocycles. The van der Waals surface area contributed by atoms with Crippen molar-refractivity contribution in [2.24, 2.45) is 0 Å². The van der Waals surface area contributed by atoms with Crippen LogP contribution in [0.15, 0.2) is 42.5 Å². The largest absolute Gasteiger partial charge is 0.371 e. The van der Waals surface area contributed by atoms with Crippen molar-refractivity contribution in [1.29, 1.82) is 0 Å². The molecule has 2 aliphatic rings. The summed E-state index contributed by atoms with van der Waals surface area (Å²) in [7, 11) is 0. The minimum absolute atomic E-state index is 0.0381. The topological polar surface area (TPSA) is 78.7 Å². The highest BCUT2D eigenvalue weighted by Crippen LogP contribution is 2.28. The maximum absolute atomic E-state index is 13.2. The lowest BCUT2D eigenvalue weighted by molar-refractivity contribution is -0.384. The molecule has 170 valence electrons. The van der Waals surface area contributed by atoms with Crippen molar-refractivity contribution in [3.63, 3.8) is 0 Å². The number of aryl methyl sites for hydroxylation is 1. The Morgan fingerprint density at radius 1 is 1.06 bits per heavy atom. The SMILES string of the molecule is Cc1cccc(CN2CCC(NC(=O)c3cc([N+](=O)[O-])ccc3N3CCCCC3)CC2)c1. The van der Waals surface area contributed by atoms with E-state index < -0.39 is 4.92 Å². The maximum atomic E-state index is 13.2. The van der Waals surface area contributed by atoms with Gasteiger partial charge in [-0.05, 0) is 50.7 Å². The van der Waals surface area contributed by atoms with Crippen molar-refractivity contribution in [1.82, 2.24) is 10.2 Å². The zero-order chi connectivity index (χ0) is 22.5.